The number of aromatic nitrogens is 4. The van der Waals surface area contributed by atoms with E-state index in [2.05, 4.69) is 32.0 Å². The second-order valence-electron chi connectivity index (χ2n) is 6.31. The van der Waals surface area contributed by atoms with Crippen molar-refractivity contribution in [1.82, 2.24) is 25.1 Å². The van der Waals surface area contributed by atoms with Crippen LogP contribution in [0, 0.1) is 5.92 Å². The lowest BCUT2D eigenvalue weighted by atomic mass is 9.95. The molecule has 1 aliphatic carbocycles. The minimum absolute atomic E-state index is 0.543. The zero-order chi connectivity index (χ0) is 13.1. The average molecular weight is 263 g/mol. The van der Waals surface area contributed by atoms with E-state index in [-0.39, 0.29) is 0 Å². The van der Waals surface area contributed by atoms with Gasteiger partial charge in [0.2, 0.25) is 0 Å². The van der Waals surface area contributed by atoms with Gasteiger partial charge < -0.3 is 0 Å². The molecule has 5 nitrogen and oxygen atoms in total. The Balaban J connectivity index is 1.65. The Kier molecular flexibility index (Phi) is 4.11. The maximum atomic E-state index is 4.27. The summed E-state index contributed by atoms with van der Waals surface area (Å²) >= 11 is 0. The smallest absolute Gasteiger partial charge is 0.165 e. The van der Waals surface area contributed by atoms with E-state index in [4.69, 9.17) is 0 Å². The van der Waals surface area contributed by atoms with Gasteiger partial charge in [0.25, 0.3) is 0 Å². The Hall–Kier alpha value is -0.970. The molecule has 0 spiro atoms. The van der Waals surface area contributed by atoms with Crippen LogP contribution in [0.1, 0.15) is 63.7 Å². The van der Waals surface area contributed by atoms with Crippen LogP contribution in [0.4, 0.5) is 0 Å². The molecule has 106 valence electrons. The van der Waals surface area contributed by atoms with Crippen LogP contribution < -0.4 is 0 Å². The Bertz CT molecular complexity index is 396. The first-order valence-electron chi connectivity index (χ1n) is 7.82. The topological polar surface area (TPSA) is 46.8 Å². The molecule has 5 heteroatoms. The number of tetrazole rings is 1. The maximum Gasteiger partial charge on any atom is 0.165 e. The molecular weight excluding hydrogens is 238 g/mol. The molecule has 0 bridgehead atoms. The molecule has 1 atom stereocenters. The van der Waals surface area contributed by atoms with Crippen LogP contribution >= 0.6 is 0 Å². The van der Waals surface area contributed by atoms with Crippen molar-refractivity contribution in [3.8, 4) is 0 Å². The molecule has 0 radical (unpaired) electrons. The fourth-order valence-electron chi connectivity index (χ4n) is 3.56. The van der Waals surface area contributed by atoms with E-state index in [0.717, 1.165) is 18.3 Å². The van der Waals surface area contributed by atoms with Gasteiger partial charge in [0, 0.05) is 6.54 Å². The average Bonchev–Trinajstić information content (AvgIpc) is 2.88. The van der Waals surface area contributed by atoms with Crippen molar-refractivity contribution in [2.45, 2.75) is 64.5 Å². The van der Waals surface area contributed by atoms with Gasteiger partial charge in [0.1, 0.15) is 0 Å². The fourth-order valence-corrected chi connectivity index (χ4v) is 3.56. The lowest BCUT2D eigenvalue weighted by molar-refractivity contribution is 0.167. The normalized spacial score (nSPS) is 26.7. The second-order valence-corrected chi connectivity index (χ2v) is 6.31. The van der Waals surface area contributed by atoms with Gasteiger partial charge in [-0.15, -0.1) is 5.10 Å². The minimum atomic E-state index is 0.543. The molecule has 1 aromatic rings. The summed E-state index contributed by atoms with van der Waals surface area (Å²) in [5.74, 6) is 1.88. The summed E-state index contributed by atoms with van der Waals surface area (Å²) in [5, 5.41) is 12.4. The lowest BCUT2D eigenvalue weighted by Crippen LogP contribution is -2.35. The number of nitrogens with zero attached hydrogens (tertiary/aromatic N) is 5. The van der Waals surface area contributed by atoms with E-state index in [1.165, 1.54) is 58.0 Å². The summed E-state index contributed by atoms with van der Waals surface area (Å²) in [4.78, 5) is 2.51. The van der Waals surface area contributed by atoms with Crippen LogP contribution in [0.2, 0.25) is 0 Å². The molecule has 0 N–H and O–H groups in total. The summed E-state index contributed by atoms with van der Waals surface area (Å²) in [6.45, 7) is 5.66. The summed E-state index contributed by atoms with van der Waals surface area (Å²) in [6, 6.07) is 0.543. The molecule has 1 aromatic heterocycles. The predicted octanol–water partition coefficient (Wildman–Crippen LogP) is 2.41. The molecule has 0 aromatic carbocycles. The third-order valence-electron chi connectivity index (χ3n) is 4.59. The maximum absolute atomic E-state index is 4.27. The molecular formula is C14H25N5. The van der Waals surface area contributed by atoms with Crippen LogP contribution in [0.3, 0.4) is 0 Å². The molecule has 19 heavy (non-hydrogen) atoms. The van der Waals surface area contributed by atoms with Gasteiger partial charge in [0.15, 0.2) is 5.82 Å². The molecule has 2 heterocycles. The number of hydrogen-bond donors (Lipinski definition) is 0. The SMILES string of the molecule is C[C@@H]1CCCN(Cc2nnnn2C2CCCCC2)C1. The van der Waals surface area contributed by atoms with Crippen molar-refractivity contribution < 1.29 is 0 Å². The zero-order valence-electron chi connectivity index (χ0n) is 12.0. The van der Waals surface area contributed by atoms with E-state index in [1.807, 2.05) is 0 Å². The van der Waals surface area contributed by atoms with Crippen LogP contribution in [0.25, 0.3) is 0 Å². The van der Waals surface area contributed by atoms with Gasteiger partial charge in [-0.25, -0.2) is 4.68 Å². The largest absolute Gasteiger partial charge is 0.296 e. The Morgan fingerprint density at radius 1 is 1.11 bits per heavy atom. The van der Waals surface area contributed by atoms with Gasteiger partial charge in [-0.05, 0) is 48.6 Å². The number of hydrogen-bond acceptors (Lipinski definition) is 4. The Morgan fingerprint density at radius 2 is 1.95 bits per heavy atom. The fraction of sp³-hybridized carbons (Fsp3) is 0.929. The molecule has 1 saturated carbocycles. The molecule has 0 unspecified atom stereocenters. The van der Waals surface area contributed by atoms with E-state index in [9.17, 15) is 0 Å². The first-order chi connectivity index (χ1) is 9.33. The number of likely N-dealkylation sites (tertiary alicyclic amines) is 1. The van der Waals surface area contributed by atoms with Crippen molar-refractivity contribution in [2.75, 3.05) is 13.1 Å². The first-order valence-corrected chi connectivity index (χ1v) is 7.82. The van der Waals surface area contributed by atoms with E-state index in [1.54, 1.807) is 0 Å². The summed E-state index contributed by atoms with van der Waals surface area (Å²) < 4.78 is 2.11. The van der Waals surface area contributed by atoms with Crippen molar-refractivity contribution in [1.29, 1.82) is 0 Å². The Morgan fingerprint density at radius 3 is 2.74 bits per heavy atom. The number of rotatable bonds is 3. The molecule has 1 aliphatic heterocycles. The Labute approximate surface area is 115 Å². The quantitative estimate of drug-likeness (QED) is 0.840. The minimum Gasteiger partial charge on any atom is -0.296 e. The molecule has 0 amide bonds. The first kappa shape index (κ1) is 13.0. The molecule has 1 saturated heterocycles. The highest BCUT2D eigenvalue weighted by atomic mass is 15.6. The van der Waals surface area contributed by atoms with Gasteiger partial charge in [-0.2, -0.15) is 0 Å². The van der Waals surface area contributed by atoms with Crippen LogP contribution in [-0.4, -0.2) is 38.2 Å². The third-order valence-corrected chi connectivity index (χ3v) is 4.59. The van der Waals surface area contributed by atoms with E-state index >= 15 is 0 Å². The van der Waals surface area contributed by atoms with Crippen molar-refractivity contribution in [3.63, 3.8) is 0 Å². The highest BCUT2D eigenvalue weighted by Crippen LogP contribution is 2.28. The zero-order valence-corrected chi connectivity index (χ0v) is 12.0. The summed E-state index contributed by atoms with van der Waals surface area (Å²) in [7, 11) is 0. The highest BCUT2D eigenvalue weighted by molar-refractivity contribution is 4.87. The van der Waals surface area contributed by atoms with Crippen molar-refractivity contribution >= 4 is 0 Å². The summed E-state index contributed by atoms with van der Waals surface area (Å²) in [5.41, 5.74) is 0. The monoisotopic (exact) mass is 263 g/mol. The summed E-state index contributed by atoms with van der Waals surface area (Å²) in [6.07, 6.45) is 9.19. The standard InChI is InChI=1S/C14H25N5/c1-12-6-5-9-18(10-12)11-14-15-16-17-19(14)13-7-3-2-4-8-13/h12-13H,2-11H2,1H3/t12-/m1/s1. The van der Waals surface area contributed by atoms with E-state index in [0.29, 0.717) is 6.04 Å². The lowest BCUT2D eigenvalue weighted by Gasteiger charge is -2.31. The van der Waals surface area contributed by atoms with Gasteiger partial charge >= 0.3 is 0 Å². The highest BCUT2D eigenvalue weighted by Gasteiger charge is 2.23. The predicted molar refractivity (Wildman–Crippen MR) is 73.6 cm³/mol. The van der Waals surface area contributed by atoms with E-state index < -0.39 is 0 Å². The van der Waals surface area contributed by atoms with Crippen LogP contribution in [0.5, 0.6) is 0 Å². The molecule has 2 fully saturated rings. The van der Waals surface area contributed by atoms with Crippen molar-refractivity contribution in [3.05, 3.63) is 5.82 Å². The number of piperidine rings is 1. The van der Waals surface area contributed by atoms with Crippen LogP contribution in [0.15, 0.2) is 0 Å². The second kappa shape index (κ2) is 5.99. The third kappa shape index (κ3) is 3.14. The molecule has 2 aliphatic rings. The van der Waals surface area contributed by atoms with Crippen LogP contribution in [-0.2, 0) is 6.54 Å². The van der Waals surface area contributed by atoms with Gasteiger partial charge in [0.05, 0.1) is 12.6 Å². The van der Waals surface area contributed by atoms with Gasteiger partial charge in [-0.3, -0.25) is 4.90 Å². The van der Waals surface area contributed by atoms with Crippen molar-refractivity contribution in [2.24, 2.45) is 5.92 Å². The van der Waals surface area contributed by atoms with Gasteiger partial charge in [-0.1, -0.05) is 26.2 Å². The molecule has 3 rings (SSSR count).